The Morgan fingerprint density at radius 3 is 2.81 bits per heavy atom. The van der Waals surface area contributed by atoms with Gasteiger partial charge in [0.2, 0.25) is 11.8 Å². The van der Waals surface area contributed by atoms with Crippen LogP contribution in [0.5, 0.6) is 5.88 Å². The number of aromatic nitrogens is 3. The summed E-state index contributed by atoms with van der Waals surface area (Å²) in [6, 6.07) is 11.8. The Bertz CT molecular complexity index is 913. The molecule has 2 aromatic heterocycles. The predicted octanol–water partition coefficient (Wildman–Crippen LogP) is 3.54. The average molecular weight is 383 g/mol. The Kier molecular flexibility index (Phi) is 5.97. The van der Waals surface area contributed by atoms with E-state index in [1.165, 1.54) is 0 Å². The van der Waals surface area contributed by atoms with Crippen molar-refractivity contribution < 1.29 is 9.53 Å². The van der Waals surface area contributed by atoms with Crippen LogP contribution in [0, 0.1) is 12.8 Å². The van der Waals surface area contributed by atoms with Gasteiger partial charge in [-0.15, -0.1) is 0 Å². The summed E-state index contributed by atoms with van der Waals surface area (Å²) in [7, 11) is 0. The van der Waals surface area contributed by atoms with Crippen molar-refractivity contribution in [3.05, 3.63) is 48.4 Å². The third kappa shape index (κ3) is 5.24. The summed E-state index contributed by atoms with van der Waals surface area (Å²) in [5.41, 5.74) is 6.38. The molecule has 8 heteroatoms. The zero-order valence-corrected chi connectivity index (χ0v) is 16.0. The first kappa shape index (κ1) is 18.8. The number of carbonyl (C=O) groups excluding carboxylic acids is 1. The second-order valence-electron chi connectivity index (χ2n) is 6.10. The Hall–Kier alpha value is -3.00. The largest absolute Gasteiger partial charge is 0.477 e. The Morgan fingerprint density at radius 1 is 1.30 bits per heavy atom. The third-order valence-electron chi connectivity index (χ3n) is 3.90. The minimum Gasteiger partial charge on any atom is -0.477 e. The van der Waals surface area contributed by atoms with Crippen LogP contribution in [0.25, 0.3) is 10.4 Å². The van der Waals surface area contributed by atoms with Crippen molar-refractivity contribution >= 4 is 28.2 Å². The second kappa shape index (κ2) is 8.59. The van der Waals surface area contributed by atoms with Crippen LogP contribution < -0.4 is 15.8 Å². The van der Waals surface area contributed by atoms with Gasteiger partial charge in [-0.25, -0.2) is 9.97 Å². The summed E-state index contributed by atoms with van der Waals surface area (Å²) < 4.78 is 5.64. The van der Waals surface area contributed by atoms with Crippen molar-refractivity contribution in [3.8, 4) is 16.3 Å². The molecule has 3 rings (SSSR count). The monoisotopic (exact) mass is 383 g/mol. The van der Waals surface area contributed by atoms with Crippen LogP contribution in [-0.4, -0.2) is 27.5 Å². The van der Waals surface area contributed by atoms with Gasteiger partial charge >= 0.3 is 0 Å². The molecule has 0 bridgehead atoms. The van der Waals surface area contributed by atoms with Gasteiger partial charge < -0.3 is 15.8 Å². The van der Waals surface area contributed by atoms with Crippen LogP contribution in [0.4, 0.5) is 10.9 Å². The van der Waals surface area contributed by atoms with E-state index in [-0.39, 0.29) is 11.8 Å². The lowest BCUT2D eigenvalue weighted by Crippen LogP contribution is -2.22. The highest BCUT2D eigenvalue weighted by Gasteiger charge is 2.10. The molecule has 1 atom stereocenters. The smallest absolute Gasteiger partial charge is 0.220 e. The number of nitrogens with zero attached hydrogens (tertiary/aromatic N) is 3. The van der Waals surface area contributed by atoms with Crippen LogP contribution in [0.15, 0.2) is 42.6 Å². The number of anilines is 2. The lowest BCUT2D eigenvalue weighted by atomic mass is 10.1. The molecular formula is C19H21N5O2S. The molecule has 1 aromatic carbocycles. The first-order valence-electron chi connectivity index (χ1n) is 8.57. The maximum absolute atomic E-state index is 11.1. The van der Waals surface area contributed by atoms with Crippen molar-refractivity contribution in [2.45, 2.75) is 20.3 Å². The number of primary amides is 1. The number of ether oxygens (including phenoxy) is 1. The van der Waals surface area contributed by atoms with Crippen molar-refractivity contribution in [1.82, 2.24) is 15.0 Å². The molecule has 27 heavy (non-hydrogen) atoms. The summed E-state index contributed by atoms with van der Waals surface area (Å²) in [6.45, 7) is 3.92. The van der Waals surface area contributed by atoms with Crippen molar-refractivity contribution in [1.29, 1.82) is 0 Å². The highest BCUT2D eigenvalue weighted by Crippen LogP contribution is 2.30. The number of nitrogens with one attached hydrogen (secondary N) is 1. The molecule has 2 heterocycles. The molecule has 0 saturated carbocycles. The molecule has 1 amide bonds. The van der Waals surface area contributed by atoms with Gasteiger partial charge in [0.05, 0.1) is 11.5 Å². The Labute approximate surface area is 161 Å². The van der Waals surface area contributed by atoms with Crippen molar-refractivity contribution in [2.75, 3.05) is 11.9 Å². The number of amides is 1. The molecule has 0 fully saturated rings. The number of rotatable bonds is 8. The number of hydrogen-bond acceptors (Lipinski definition) is 7. The zero-order valence-electron chi connectivity index (χ0n) is 15.2. The van der Waals surface area contributed by atoms with E-state index in [0.29, 0.717) is 30.5 Å². The van der Waals surface area contributed by atoms with E-state index < -0.39 is 0 Å². The van der Waals surface area contributed by atoms with Gasteiger partial charge in [0, 0.05) is 18.2 Å². The quantitative estimate of drug-likeness (QED) is 0.617. The highest BCUT2D eigenvalue weighted by molar-refractivity contribution is 7.18. The summed E-state index contributed by atoms with van der Waals surface area (Å²) in [4.78, 5) is 25.2. The fourth-order valence-electron chi connectivity index (χ4n) is 2.34. The minimum absolute atomic E-state index is 0.239. The Balaban J connectivity index is 1.66. The van der Waals surface area contributed by atoms with Crippen LogP contribution in [-0.2, 0) is 4.79 Å². The molecule has 0 aliphatic rings. The van der Waals surface area contributed by atoms with E-state index in [1.807, 2.05) is 36.5 Å². The number of benzene rings is 1. The summed E-state index contributed by atoms with van der Waals surface area (Å²) in [5, 5.41) is 3.93. The molecule has 0 saturated heterocycles. The molecule has 3 N–H and O–H groups in total. The maximum atomic E-state index is 11.1. The molecule has 0 aliphatic heterocycles. The molecular weight excluding hydrogens is 362 g/mol. The molecule has 140 valence electrons. The summed E-state index contributed by atoms with van der Waals surface area (Å²) >= 11 is 1.54. The Morgan fingerprint density at radius 2 is 2.07 bits per heavy atom. The molecule has 3 aromatic rings. The lowest BCUT2D eigenvalue weighted by Gasteiger charge is -2.10. The third-order valence-corrected chi connectivity index (χ3v) is 4.86. The van der Waals surface area contributed by atoms with Gasteiger partial charge in [-0.2, -0.15) is 4.98 Å². The lowest BCUT2D eigenvalue weighted by molar-refractivity contribution is -0.121. The number of carbonyl (C=O) groups is 1. The van der Waals surface area contributed by atoms with Crippen molar-refractivity contribution in [2.24, 2.45) is 11.7 Å². The molecule has 1 unspecified atom stereocenters. The second-order valence-corrected chi connectivity index (χ2v) is 7.13. The molecule has 0 spiro atoms. The van der Waals surface area contributed by atoms with Gasteiger partial charge in [-0.05, 0) is 18.9 Å². The van der Waals surface area contributed by atoms with Gasteiger partial charge in [-0.3, -0.25) is 4.79 Å². The topological polar surface area (TPSA) is 103 Å². The molecule has 7 nitrogen and oxygen atoms in total. The summed E-state index contributed by atoms with van der Waals surface area (Å²) in [6.07, 6.45) is 2.37. The minimum atomic E-state index is -0.335. The molecule has 0 aliphatic carbocycles. The van der Waals surface area contributed by atoms with E-state index in [4.69, 9.17) is 10.5 Å². The van der Waals surface area contributed by atoms with Gasteiger partial charge in [-0.1, -0.05) is 48.6 Å². The first-order chi connectivity index (χ1) is 13.0. The van der Waals surface area contributed by atoms with Crippen molar-refractivity contribution in [3.63, 3.8) is 0 Å². The maximum Gasteiger partial charge on any atom is 0.220 e. The van der Waals surface area contributed by atoms with Crippen LogP contribution >= 0.6 is 11.3 Å². The van der Waals surface area contributed by atoms with E-state index in [9.17, 15) is 4.79 Å². The van der Waals surface area contributed by atoms with E-state index in [2.05, 4.69) is 20.3 Å². The van der Waals surface area contributed by atoms with Crippen LogP contribution in [0.2, 0.25) is 0 Å². The zero-order chi connectivity index (χ0) is 19.2. The molecule has 0 radical (unpaired) electrons. The highest BCUT2D eigenvalue weighted by atomic mass is 32.1. The standard InChI is InChI=1S/C19H21N5O2S/c1-12(18(20)25)8-9-26-17-10-16(22-13(2)23-17)24-19-21-11-15(27-19)14-6-4-3-5-7-14/h3-7,10-12H,8-9H2,1-2H3,(H2,20,25)(H,21,22,23,24). The fraction of sp³-hybridized carbons (Fsp3) is 0.263. The number of thiazole rings is 1. The summed E-state index contributed by atoms with van der Waals surface area (Å²) in [5.74, 6) is 1.06. The van der Waals surface area contributed by atoms with Gasteiger partial charge in [0.1, 0.15) is 11.6 Å². The van der Waals surface area contributed by atoms with Crippen LogP contribution in [0.1, 0.15) is 19.2 Å². The predicted molar refractivity (Wildman–Crippen MR) is 106 cm³/mol. The normalized spacial score (nSPS) is 11.8. The van der Waals surface area contributed by atoms with Gasteiger partial charge in [0.15, 0.2) is 5.13 Å². The number of aryl methyl sites for hydroxylation is 1. The van der Waals surface area contributed by atoms with E-state index in [0.717, 1.165) is 15.6 Å². The average Bonchev–Trinajstić information content (AvgIpc) is 3.10. The van der Waals surface area contributed by atoms with Crippen LogP contribution in [0.3, 0.4) is 0 Å². The number of hydrogen-bond donors (Lipinski definition) is 2. The van der Waals surface area contributed by atoms with Gasteiger partial charge in [0.25, 0.3) is 0 Å². The van der Waals surface area contributed by atoms with E-state index >= 15 is 0 Å². The first-order valence-corrected chi connectivity index (χ1v) is 9.39. The SMILES string of the molecule is Cc1nc(Nc2ncc(-c3ccccc3)s2)cc(OCCC(C)C(N)=O)n1. The number of nitrogens with two attached hydrogens (primary N) is 1. The van der Waals surface area contributed by atoms with E-state index in [1.54, 1.807) is 31.3 Å². The fourth-order valence-corrected chi connectivity index (χ4v) is 3.17.